The highest BCUT2D eigenvalue weighted by molar-refractivity contribution is 4.90. The summed E-state index contributed by atoms with van der Waals surface area (Å²) >= 11 is 0. The van der Waals surface area contributed by atoms with E-state index in [9.17, 15) is 0 Å². The molecular weight excluding hydrogens is 212 g/mol. The Morgan fingerprint density at radius 3 is 2.65 bits per heavy atom. The van der Waals surface area contributed by atoms with Gasteiger partial charge in [0, 0.05) is 39.4 Å². The van der Waals surface area contributed by atoms with Gasteiger partial charge >= 0.3 is 0 Å². The van der Waals surface area contributed by atoms with Crippen LogP contribution < -0.4 is 5.32 Å². The predicted octanol–water partition coefficient (Wildman–Crippen LogP) is 1.73. The molecule has 1 saturated heterocycles. The predicted molar refractivity (Wildman–Crippen MR) is 71.2 cm³/mol. The first-order valence-corrected chi connectivity index (χ1v) is 7.25. The molecule has 0 aromatic carbocycles. The van der Waals surface area contributed by atoms with Crippen LogP contribution in [0.2, 0.25) is 0 Å². The molecule has 0 bridgehead atoms. The summed E-state index contributed by atoms with van der Waals surface area (Å²) in [6.07, 6.45) is 5.56. The third kappa shape index (κ3) is 3.67. The first-order chi connectivity index (χ1) is 8.31. The molecule has 0 radical (unpaired) electrons. The molecule has 0 aromatic rings. The highest BCUT2D eigenvalue weighted by atomic mass is 16.5. The van der Waals surface area contributed by atoms with Gasteiger partial charge in [0.2, 0.25) is 0 Å². The number of nitrogens with one attached hydrogen (secondary N) is 1. The summed E-state index contributed by atoms with van der Waals surface area (Å²) in [4.78, 5) is 2.69. The second-order valence-electron chi connectivity index (χ2n) is 5.80. The normalized spacial score (nSPS) is 30.7. The lowest BCUT2D eigenvalue weighted by Gasteiger charge is -2.25. The molecule has 1 aliphatic heterocycles. The Morgan fingerprint density at radius 2 is 2.00 bits per heavy atom. The van der Waals surface area contributed by atoms with E-state index in [2.05, 4.69) is 17.1 Å². The number of nitrogens with zero attached hydrogens (tertiary/aromatic N) is 1. The van der Waals surface area contributed by atoms with Gasteiger partial charge < -0.3 is 10.1 Å². The second-order valence-corrected chi connectivity index (χ2v) is 5.80. The maximum atomic E-state index is 5.05. The highest BCUT2D eigenvalue weighted by Crippen LogP contribution is 2.38. The molecule has 0 spiro atoms. The number of hydrogen-bond acceptors (Lipinski definition) is 3. The molecule has 100 valence electrons. The summed E-state index contributed by atoms with van der Waals surface area (Å²) in [6.45, 7) is 8.15. The van der Waals surface area contributed by atoms with Gasteiger partial charge in [0.15, 0.2) is 0 Å². The fourth-order valence-corrected chi connectivity index (χ4v) is 3.41. The van der Waals surface area contributed by atoms with Crippen LogP contribution in [0.4, 0.5) is 0 Å². The Hall–Kier alpha value is -0.120. The zero-order chi connectivity index (χ0) is 12.1. The molecule has 3 atom stereocenters. The van der Waals surface area contributed by atoms with Crippen LogP contribution in [0.15, 0.2) is 0 Å². The average Bonchev–Trinajstić information content (AvgIpc) is 2.88. The van der Waals surface area contributed by atoms with Crippen molar-refractivity contribution in [2.75, 3.05) is 39.9 Å². The van der Waals surface area contributed by atoms with E-state index in [4.69, 9.17) is 4.74 Å². The van der Waals surface area contributed by atoms with Crippen molar-refractivity contribution < 1.29 is 4.74 Å². The van der Waals surface area contributed by atoms with Gasteiger partial charge in [-0.2, -0.15) is 0 Å². The van der Waals surface area contributed by atoms with Gasteiger partial charge in [-0.05, 0) is 44.6 Å². The lowest BCUT2D eigenvalue weighted by Crippen LogP contribution is -2.39. The standard InChI is InChI=1S/C14H28N2O/c1-12(9-15-7-4-8-17-2)16-10-13-5-3-6-14(13)11-16/h12-15H,3-11H2,1-2H3. The third-order valence-corrected chi connectivity index (χ3v) is 4.52. The molecule has 3 heteroatoms. The zero-order valence-electron chi connectivity index (χ0n) is 11.5. The monoisotopic (exact) mass is 240 g/mol. The van der Waals surface area contributed by atoms with E-state index >= 15 is 0 Å². The Kier molecular flexibility index (Phi) is 5.26. The summed E-state index contributed by atoms with van der Waals surface area (Å²) in [7, 11) is 1.77. The van der Waals surface area contributed by atoms with E-state index in [0.717, 1.165) is 38.0 Å². The number of methoxy groups -OCH3 is 1. The largest absolute Gasteiger partial charge is 0.385 e. The van der Waals surface area contributed by atoms with E-state index in [1.54, 1.807) is 7.11 Å². The Balaban J connectivity index is 1.59. The first kappa shape index (κ1) is 13.3. The van der Waals surface area contributed by atoms with Crippen LogP contribution >= 0.6 is 0 Å². The summed E-state index contributed by atoms with van der Waals surface area (Å²) in [5.74, 6) is 2.04. The van der Waals surface area contributed by atoms with Gasteiger partial charge in [0.05, 0.1) is 0 Å². The smallest absolute Gasteiger partial charge is 0.0474 e. The van der Waals surface area contributed by atoms with Crippen molar-refractivity contribution in [2.45, 2.75) is 38.6 Å². The molecule has 2 fully saturated rings. The van der Waals surface area contributed by atoms with Crippen LogP contribution in [0.1, 0.15) is 32.6 Å². The van der Waals surface area contributed by atoms with Gasteiger partial charge in [-0.25, -0.2) is 0 Å². The number of fused-ring (bicyclic) bond motifs is 1. The van der Waals surface area contributed by atoms with E-state index in [-0.39, 0.29) is 0 Å². The van der Waals surface area contributed by atoms with Crippen LogP contribution in [-0.2, 0) is 4.74 Å². The van der Waals surface area contributed by atoms with Crippen molar-refractivity contribution in [1.82, 2.24) is 10.2 Å². The fraction of sp³-hybridized carbons (Fsp3) is 1.00. The maximum absolute atomic E-state index is 5.05. The first-order valence-electron chi connectivity index (χ1n) is 7.25. The molecule has 2 aliphatic rings. The van der Waals surface area contributed by atoms with E-state index in [0.29, 0.717) is 6.04 Å². The van der Waals surface area contributed by atoms with Gasteiger partial charge in [-0.1, -0.05) is 6.42 Å². The van der Waals surface area contributed by atoms with Crippen molar-refractivity contribution in [3.63, 3.8) is 0 Å². The molecule has 2 rings (SSSR count). The van der Waals surface area contributed by atoms with Crippen molar-refractivity contribution in [3.05, 3.63) is 0 Å². The van der Waals surface area contributed by atoms with Gasteiger partial charge in [-0.15, -0.1) is 0 Å². The molecule has 1 N–H and O–H groups in total. The van der Waals surface area contributed by atoms with Gasteiger partial charge in [-0.3, -0.25) is 4.90 Å². The molecule has 3 unspecified atom stereocenters. The molecule has 1 saturated carbocycles. The SMILES string of the molecule is COCCCNCC(C)N1CC2CCCC2C1. The van der Waals surface area contributed by atoms with Crippen LogP contribution in [0.3, 0.4) is 0 Å². The summed E-state index contributed by atoms with van der Waals surface area (Å²) in [6, 6.07) is 0.697. The maximum Gasteiger partial charge on any atom is 0.0474 e. The van der Waals surface area contributed by atoms with Crippen LogP contribution in [0.5, 0.6) is 0 Å². The minimum absolute atomic E-state index is 0.697. The highest BCUT2D eigenvalue weighted by Gasteiger charge is 2.37. The molecule has 3 nitrogen and oxygen atoms in total. The Morgan fingerprint density at radius 1 is 1.29 bits per heavy atom. The molecule has 17 heavy (non-hydrogen) atoms. The van der Waals surface area contributed by atoms with Crippen molar-refractivity contribution >= 4 is 0 Å². The summed E-state index contributed by atoms with van der Waals surface area (Å²) in [5, 5.41) is 3.54. The number of rotatable bonds is 7. The second kappa shape index (κ2) is 6.72. The summed E-state index contributed by atoms with van der Waals surface area (Å²) < 4.78 is 5.05. The van der Waals surface area contributed by atoms with Crippen molar-refractivity contribution in [2.24, 2.45) is 11.8 Å². The zero-order valence-corrected chi connectivity index (χ0v) is 11.5. The van der Waals surface area contributed by atoms with Crippen LogP contribution in [0, 0.1) is 11.8 Å². The molecule has 1 heterocycles. The van der Waals surface area contributed by atoms with E-state index in [1.165, 1.54) is 32.4 Å². The topological polar surface area (TPSA) is 24.5 Å². The Bertz CT molecular complexity index is 210. The van der Waals surface area contributed by atoms with Crippen LogP contribution in [-0.4, -0.2) is 50.8 Å². The number of hydrogen-bond donors (Lipinski definition) is 1. The average molecular weight is 240 g/mol. The quantitative estimate of drug-likeness (QED) is 0.686. The van der Waals surface area contributed by atoms with E-state index in [1.807, 2.05) is 0 Å². The van der Waals surface area contributed by atoms with Crippen LogP contribution in [0.25, 0.3) is 0 Å². The minimum Gasteiger partial charge on any atom is -0.385 e. The molecule has 0 aromatic heterocycles. The minimum atomic E-state index is 0.697. The molecule has 0 amide bonds. The lowest BCUT2D eigenvalue weighted by atomic mass is 10.0. The lowest BCUT2D eigenvalue weighted by molar-refractivity contribution is 0.191. The molecular formula is C14H28N2O. The van der Waals surface area contributed by atoms with Gasteiger partial charge in [0.25, 0.3) is 0 Å². The number of likely N-dealkylation sites (tertiary alicyclic amines) is 1. The van der Waals surface area contributed by atoms with E-state index < -0.39 is 0 Å². The van der Waals surface area contributed by atoms with Crippen molar-refractivity contribution in [1.29, 1.82) is 0 Å². The fourth-order valence-electron chi connectivity index (χ4n) is 3.41. The third-order valence-electron chi connectivity index (χ3n) is 4.52. The Labute approximate surface area is 106 Å². The number of ether oxygens (including phenoxy) is 1. The van der Waals surface area contributed by atoms with Crippen molar-refractivity contribution in [3.8, 4) is 0 Å². The van der Waals surface area contributed by atoms with Gasteiger partial charge in [0.1, 0.15) is 0 Å². The molecule has 1 aliphatic carbocycles. The summed E-state index contributed by atoms with van der Waals surface area (Å²) in [5.41, 5.74) is 0.